The molecule has 1 saturated heterocycles. The number of rotatable bonds is 5. The minimum atomic E-state index is -0.820. The summed E-state index contributed by atoms with van der Waals surface area (Å²) in [4.78, 5) is 47.9. The van der Waals surface area contributed by atoms with Crippen molar-refractivity contribution in [2.75, 3.05) is 11.9 Å². The van der Waals surface area contributed by atoms with Crippen molar-refractivity contribution < 1.29 is 24.4 Å². The molecule has 154 valence electrons. The number of hydrogen-bond acceptors (Lipinski definition) is 7. The van der Waals surface area contributed by atoms with Crippen LogP contribution in [0.1, 0.15) is 5.56 Å². The van der Waals surface area contributed by atoms with E-state index in [1.807, 2.05) is 0 Å². The molecule has 0 radical (unpaired) electrons. The number of benzene rings is 2. The minimum Gasteiger partial charge on any atom is -0.506 e. The smallest absolute Gasteiger partial charge is 0.294 e. The Bertz CT molecular complexity index is 1120. The summed E-state index contributed by atoms with van der Waals surface area (Å²) in [6.45, 7) is -0.640. The third-order valence-electron chi connectivity index (χ3n) is 3.89. The van der Waals surface area contributed by atoms with Gasteiger partial charge in [-0.05, 0) is 41.6 Å². The first-order valence-corrected chi connectivity index (χ1v) is 9.70. The molecule has 0 saturated carbocycles. The molecular formula is C18H11Cl2N3O6S. The number of nitro groups is 1. The summed E-state index contributed by atoms with van der Waals surface area (Å²) in [5, 5.41) is 22.9. The van der Waals surface area contributed by atoms with Crippen LogP contribution >= 0.6 is 35.0 Å². The van der Waals surface area contributed by atoms with Gasteiger partial charge in [-0.25, -0.2) is 0 Å². The molecule has 2 aromatic carbocycles. The molecule has 3 amide bonds. The highest BCUT2D eigenvalue weighted by Crippen LogP contribution is 2.34. The van der Waals surface area contributed by atoms with E-state index < -0.39 is 34.3 Å². The summed E-state index contributed by atoms with van der Waals surface area (Å²) < 4.78 is 0. The van der Waals surface area contributed by atoms with Crippen LogP contribution < -0.4 is 5.32 Å². The number of carbonyl (C=O) groups excluding carboxylic acids is 3. The molecule has 0 spiro atoms. The van der Waals surface area contributed by atoms with Crippen molar-refractivity contribution in [2.45, 2.75) is 0 Å². The number of anilines is 1. The average molecular weight is 468 g/mol. The van der Waals surface area contributed by atoms with Crippen molar-refractivity contribution >= 4 is 69.5 Å². The fraction of sp³-hybridized carbons (Fsp3) is 0.0556. The molecule has 2 aromatic rings. The van der Waals surface area contributed by atoms with E-state index in [4.69, 9.17) is 23.2 Å². The van der Waals surface area contributed by atoms with E-state index in [0.717, 1.165) is 18.2 Å². The van der Waals surface area contributed by atoms with Crippen molar-refractivity contribution in [3.8, 4) is 5.75 Å². The average Bonchev–Trinajstić information content (AvgIpc) is 2.93. The Balaban J connectivity index is 1.74. The molecule has 0 unspecified atom stereocenters. The largest absolute Gasteiger partial charge is 0.506 e. The number of hydrogen-bond donors (Lipinski definition) is 2. The van der Waals surface area contributed by atoms with Crippen LogP contribution in [-0.4, -0.2) is 38.5 Å². The fourth-order valence-electron chi connectivity index (χ4n) is 2.47. The Labute approximate surface area is 183 Å². The lowest BCUT2D eigenvalue weighted by Gasteiger charge is -2.13. The number of carbonyl (C=O) groups is 3. The number of amides is 3. The first-order valence-electron chi connectivity index (χ1n) is 8.13. The van der Waals surface area contributed by atoms with Gasteiger partial charge in [-0.15, -0.1) is 0 Å². The van der Waals surface area contributed by atoms with Gasteiger partial charge >= 0.3 is 0 Å². The van der Waals surface area contributed by atoms with Gasteiger partial charge in [0.25, 0.3) is 16.8 Å². The van der Waals surface area contributed by atoms with E-state index in [2.05, 4.69) is 5.32 Å². The number of phenolic OH excluding ortho intramolecular Hbond substituents is 1. The lowest BCUT2D eigenvalue weighted by atomic mass is 10.2. The SMILES string of the molecule is O=C(CN1C(=O)S/C(=C\c2ccc(Cl)cc2Cl)C1=O)Nc1cc([N+](=O)[O-])ccc1O. The predicted octanol–water partition coefficient (Wildman–Crippen LogP) is 4.28. The van der Waals surface area contributed by atoms with Crippen molar-refractivity contribution in [1.29, 1.82) is 0 Å². The number of halogens is 2. The van der Waals surface area contributed by atoms with E-state index in [1.165, 1.54) is 12.1 Å². The van der Waals surface area contributed by atoms with Crippen LogP contribution in [0.25, 0.3) is 6.08 Å². The number of nitrogens with one attached hydrogen (secondary N) is 1. The zero-order valence-electron chi connectivity index (χ0n) is 14.8. The van der Waals surface area contributed by atoms with Gasteiger partial charge in [-0.1, -0.05) is 29.3 Å². The highest BCUT2D eigenvalue weighted by molar-refractivity contribution is 8.18. The number of aromatic hydroxyl groups is 1. The summed E-state index contributed by atoms with van der Waals surface area (Å²) >= 11 is 12.5. The summed E-state index contributed by atoms with van der Waals surface area (Å²) in [7, 11) is 0. The van der Waals surface area contributed by atoms with Crippen molar-refractivity contribution in [3.63, 3.8) is 0 Å². The molecule has 12 heteroatoms. The van der Waals surface area contributed by atoms with Gasteiger partial charge in [-0.3, -0.25) is 29.4 Å². The summed E-state index contributed by atoms with van der Waals surface area (Å²) in [5.74, 6) is -1.92. The molecule has 1 aliphatic heterocycles. The van der Waals surface area contributed by atoms with Gasteiger partial charge in [-0.2, -0.15) is 0 Å². The van der Waals surface area contributed by atoms with Crippen molar-refractivity contribution in [3.05, 3.63) is 67.0 Å². The van der Waals surface area contributed by atoms with E-state index in [-0.39, 0.29) is 21.3 Å². The molecular weight excluding hydrogens is 457 g/mol. The molecule has 0 atom stereocenters. The molecule has 1 heterocycles. The Morgan fingerprint density at radius 1 is 1.23 bits per heavy atom. The molecule has 9 nitrogen and oxygen atoms in total. The number of imide groups is 1. The van der Waals surface area contributed by atoms with Gasteiger partial charge in [0, 0.05) is 22.2 Å². The lowest BCUT2D eigenvalue weighted by molar-refractivity contribution is -0.384. The number of non-ortho nitro benzene ring substituents is 1. The maximum Gasteiger partial charge on any atom is 0.294 e. The summed E-state index contributed by atoms with van der Waals surface area (Å²) in [6.07, 6.45) is 1.41. The van der Waals surface area contributed by atoms with Gasteiger partial charge < -0.3 is 10.4 Å². The Kier molecular flexibility index (Phi) is 6.30. The van der Waals surface area contributed by atoms with Crippen LogP contribution in [0.3, 0.4) is 0 Å². The van der Waals surface area contributed by atoms with Gasteiger partial charge in [0.2, 0.25) is 5.91 Å². The number of thioether (sulfide) groups is 1. The molecule has 2 N–H and O–H groups in total. The molecule has 30 heavy (non-hydrogen) atoms. The van der Waals surface area contributed by atoms with Crippen LogP contribution in [0.15, 0.2) is 41.3 Å². The molecule has 1 aliphatic rings. The molecule has 3 rings (SSSR count). The third kappa shape index (κ3) is 4.73. The van der Waals surface area contributed by atoms with E-state index >= 15 is 0 Å². The quantitative estimate of drug-likeness (QED) is 0.290. The molecule has 0 aliphatic carbocycles. The Hall–Kier alpha value is -3.08. The second-order valence-corrected chi connectivity index (χ2v) is 7.78. The van der Waals surface area contributed by atoms with Crippen LogP contribution in [0.4, 0.5) is 16.2 Å². The van der Waals surface area contributed by atoms with E-state index in [0.29, 0.717) is 27.2 Å². The fourth-order valence-corrected chi connectivity index (χ4v) is 3.76. The standard InChI is InChI=1S/C18H11Cl2N3O6S/c19-10-2-1-9(12(20)6-10)5-15-17(26)22(18(27)30-15)8-16(25)21-13-7-11(23(28)29)3-4-14(13)24/h1-7,24H,8H2,(H,21,25)/b15-5-. The lowest BCUT2D eigenvalue weighted by Crippen LogP contribution is -2.36. The third-order valence-corrected chi connectivity index (χ3v) is 5.36. The zero-order chi connectivity index (χ0) is 22.0. The van der Waals surface area contributed by atoms with Gasteiger partial charge in [0.1, 0.15) is 12.3 Å². The van der Waals surface area contributed by atoms with E-state index in [1.54, 1.807) is 12.1 Å². The first-order chi connectivity index (χ1) is 14.2. The topological polar surface area (TPSA) is 130 Å². The maximum absolute atomic E-state index is 12.5. The van der Waals surface area contributed by atoms with Crippen molar-refractivity contribution in [1.82, 2.24) is 4.90 Å². The number of nitrogens with zero attached hydrogens (tertiary/aromatic N) is 2. The highest BCUT2D eigenvalue weighted by Gasteiger charge is 2.36. The second-order valence-electron chi connectivity index (χ2n) is 5.94. The van der Waals surface area contributed by atoms with Gasteiger partial charge in [0.05, 0.1) is 15.5 Å². The monoisotopic (exact) mass is 467 g/mol. The zero-order valence-corrected chi connectivity index (χ0v) is 17.1. The van der Waals surface area contributed by atoms with Crippen LogP contribution in [-0.2, 0) is 9.59 Å². The second kappa shape index (κ2) is 8.74. The van der Waals surface area contributed by atoms with Crippen LogP contribution in [0.5, 0.6) is 5.75 Å². The highest BCUT2D eigenvalue weighted by atomic mass is 35.5. The summed E-state index contributed by atoms with van der Waals surface area (Å²) in [6, 6.07) is 7.71. The summed E-state index contributed by atoms with van der Waals surface area (Å²) in [5.41, 5.74) is -0.0979. The van der Waals surface area contributed by atoms with Gasteiger partial charge in [0.15, 0.2) is 0 Å². The van der Waals surface area contributed by atoms with Crippen LogP contribution in [0.2, 0.25) is 10.0 Å². The first kappa shape index (κ1) is 21.6. The van der Waals surface area contributed by atoms with Crippen LogP contribution in [0, 0.1) is 10.1 Å². The van der Waals surface area contributed by atoms with Crippen molar-refractivity contribution in [2.24, 2.45) is 0 Å². The molecule has 0 aromatic heterocycles. The molecule has 0 bridgehead atoms. The number of nitro benzene ring substituents is 1. The maximum atomic E-state index is 12.5. The molecule has 1 fully saturated rings. The Morgan fingerprint density at radius 3 is 2.63 bits per heavy atom. The predicted molar refractivity (Wildman–Crippen MR) is 113 cm³/mol. The number of phenols is 1. The minimum absolute atomic E-state index is 0.0650. The Morgan fingerprint density at radius 2 is 1.97 bits per heavy atom. The van der Waals surface area contributed by atoms with E-state index in [9.17, 15) is 29.6 Å². The normalized spacial score (nSPS) is 15.0.